The standard InChI is InChI=1S/C17H23N3OS/c1-12-5-6-13-14(10-18)17(22-15(13)9-12)19-16(21)11-20-7-3-2-4-8-20/h12H,2-9,11H2,1H3,(H,19,21)/t12-/m0/s1. The highest BCUT2D eigenvalue weighted by Gasteiger charge is 2.25. The molecule has 1 aromatic rings. The number of likely N-dealkylation sites (tertiary alicyclic amines) is 1. The van der Waals surface area contributed by atoms with Gasteiger partial charge in [0.15, 0.2) is 0 Å². The first-order valence-corrected chi connectivity index (χ1v) is 9.06. The van der Waals surface area contributed by atoms with Gasteiger partial charge in [-0.15, -0.1) is 11.3 Å². The fourth-order valence-electron chi connectivity index (χ4n) is 3.44. The van der Waals surface area contributed by atoms with E-state index in [2.05, 4.69) is 23.2 Å². The summed E-state index contributed by atoms with van der Waals surface area (Å²) in [7, 11) is 0. The van der Waals surface area contributed by atoms with Gasteiger partial charge in [0.25, 0.3) is 0 Å². The van der Waals surface area contributed by atoms with Gasteiger partial charge in [-0.1, -0.05) is 13.3 Å². The molecule has 2 heterocycles. The molecule has 2 aliphatic rings. The van der Waals surface area contributed by atoms with Crippen LogP contribution in [0.5, 0.6) is 0 Å². The van der Waals surface area contributed by atoms with E-state index in [1.165, 1.54) is 29.7 Å². The van der Waals surface area contributed by atoms with Gasteiger partial charge in [-0.25, -0.2) is 0 Å². The second-order valence-corrected chi connectivity index (χ2v) is 7.66. The Morgan fingerprint density at radius 2 is 2.18 bits per heavy atom. The van der Waals surface area contributed by atoms with Crippen LogP contribution in [0.1, 0.15) is 48.6 Å². The lowest BCUT2D eigenvalue weighted by atomic mass is 9.89. The van der Waals surface area contributed by atoms with E-state index in [1.807, 2.05) is 0 Å². The minimum atomic E-state index is 0.0186. The van der Waals surface area contributed by atoms with Crippen LogP contribution < -0.4 is 5.32 Å². The maximum Gasteiger partial charge on any atom is 0.239 e. The average Bonchev–Trinajstić information content (AvgIpc) is 2.84. The number of fused-ring (bicyclic) bond motifs is 1. The lowest BCUT2D eigenvalue weighted by Crippen LogP contribution is -2.36. The predicted octanol–water partition coefficient (Wildman–Crippen LogP) is 3.17. The molecule has 1 saturated heterocycles. The van der Waals surface area contributed by atoms with E-state index in [0.717, 1.165) is 37.4 Å². The number of amides is 1. The number of piperidine rings is 1. The number of hydrogen-bond acceptors (Lipinski definition) is 4. The van der Waals surface area contributed by atoms with Crippen LogP contribution in [-0.4, -0.2) is 30.4 Å². The first-order chi connectivity index (χ1) is 10.7. The molecule has 0 aromatic carbocycles. The molecule has 0 saturated carbocycles. The third-order valence-corrected chi connectivity index (χ3v) is 5.86. The monoisotopic (exact) mass is 317 g/mol. The van der Waals surface area contributed by atoms with Gasteiger partial charge in [-0.3, -0.25) is 9.69 Å². The van der Waals surface area contributed by atoms with E-state index in [1.54, 1.807) is 11.3 Å². The zero-order valence-corrected chi connectivity index (χ0v) is 14.0. The van der Waals surface area contributed by atoms with Gasteiger partial charge >= 0.3 is 0 Å². The second-order valence-electron chi connectivity index (χ2n) is 6.55. The van der Waals surface area contributed by atoms with E-state index in [4.69, 9.17) is 0 Å². The molecule has 1 aromatic heterocycles. The highest BCUT2D eigenvalue weighted by Crippen LogP contribution is 2.39. The highest BCUT2D eigenvalue weighted by molar-refractivity contribution is 7.16. The molecular formula is C17H23N3OS. The van der Waals surface area contributed by atoms with Gasteiger partial charge in [0.1, 0.15) is 11.1 Å². The lowest BCUT2D eigenvalue weighted by molar-refractivity contribution is -0.117. The topological polar surface area (TPSA) is 56.1 Å². The Hall–Kier alpha value is -1.38. The van der Waals surface area contributed by atoms with Crippen molar-refractivity contribution < 1.29 is 4.79 Å². The minimum Gasteiger partial charge on any atom is -0.315 e. The van der Waals surface area contributed by atoms with Crippen LogP contribution in [0.15, 0.2) is 0 Å². The molecule has 118 valence electrons. The van der Waals surface area contributed by atoms with Crippen LogP contribution in [0, 0.1) is 17.2 Å². The van der Waals surface area contributed by atoms with Crippen LogP contribution in [0.25, 0.3) is 0 Å². The van der Waals surface area contributed by atoms with Crippen LogP contribution in [0.4, 0.5) is 5.00 Å². The first-order valence-electron chi connectivity index (χ1n) is 8.24. The summed E-state index contributed by atoms with van der Waals surface area (Å²) in [5, 5.41) is 13.2. The number of hydrogen-bond donors (Lipinski definition) is 1. The number of rotatable bonds is 3. The van der Waals surface area contributed by atoms with Gasteiger partial charge in [0.05, 0.1) is 12.1 Å². The summed E-state index contributed by atoms with van der Waals surface area (Å²) < 4.78 is 0. The number of nitrogens with zero attached hydrogens (tertiary/aromatic N) is 2. The van der Waals surface area contributed by atoms with Gasteiger partial charge < -0.3 is 5.32 Å². The Morgan fingerprint density at radius 1 is 1.41 bits per heavy atom. The van der Waals surface area contributed by atoms with E-state index in [0.29, 0.717) is 18.0 Å². The summed E-state index contributed by atoms with van der Waals surface area (Å²) in [6.45, 7) is 4.72. The lowest BCUT2D eigenvalue weighted by Gasteiger charge is -2.25. The molecule has 1 aliphatic carbocycles. The van der Waals surface area contributed by atoms with Crippen molar-refractivity contribution in [2.24, 2.45) is 5.92 Å². The fraction of sp³-hybridized carbons (Fsp3) is 0.647. The smallest absolute Gasteiger partial charge is 0.239 e. The van der Waals surface area contributed by atoms with Crippen molar-refractivity contribution in [2.75, 3.05) is 25.0 Å². The van der Waals surface area contributed by atoms with Crippen molar-refractivity contribution in [3.8, 4) is 6.07 Å². The molecular weight excluding hydrogens is 294 g/mol. The number of anilines is 1. The second kappa shape index (κ2) is 6.80. The molecule has 1 amide bonds. The average molecular weight is 317 g/mol. The number of carbonyl (C=O) groups is 1. The van der Waals surface area contributed by atoms with Gasteiger partial charge in [0.2, 0.25) is 5.91 Å². The molecule has 1 fully saturated rings. The van der Waals surface area contributed by atoms with E-state index >= 15 is 0 Å². The van der Waals surface area contributed by atoms with Gasteiger partial charge in [0, 0.05) is 4.88 Å². The van der Waals surface area contributed by atoms with Crippen LogP contribution in [0.3, 0.4) is 0 Å². The van der Waals surface area contributed by atoms with E-state index < -0.39 is 0 Å². The highest BCUT2D eigenvalue weighted by atomic mass is 32.1. The Morgan fingerprint density at radius 3 is 2.91 bits per heavy atom. The van der Waals surface area contributed by atoms with E-state index in [-0.39, 0.29) is 5.91 Å². The maximum atomic E-state index is 12.3. The van der Waals surface area contributed by atoms with Crippen molar-refractivity contribution in [3.63, 3.8) is 0 Å². The number of thiophene rings is 1. The maximum absolute atomic E-state index is 12.3. The number of carbonyl (C=O) groups excluding carboxylic acids is 1. The Kier molecular flexibility index (Phi) is 4.80. The molecule has 4 nitrogen and oxygen atoms in total. The van der Waals surface area contributed by atoms with Crippen LogP contribution >= 0.6 is 11.3 Å². The van der Waals surface area contributed by atoms with Crippen LogP contribution in [0.2, 0.25) is 0 Å². The molecule has 22 heavy (non-hydrogen) atoms. The third-order valence-electron chi connectivity index (χ3n) is 4.69. The summed E-state index contributed by atoms with van der Waals surface area (Å²) in [4.78, 5) is 15.8. The minimum absolute atomic E-state index is 0.0186. The molecule has 0 radical (unpaired) electrons. The molecule has 3 rings (SSSR count). The number of nitriles is 1. The van der Waals surface area contributed by atoms with Crippen molar-refractivity contribution in [1.82, 2.24) is 4.90 Å². The van der Waals surface area contributed by atoms with Crippen molar-refractivity contribution in [1.29, 1.82) is 5.26 Å². The normalized spacial score (nSPS) is 21.9. The first kappa shape index (κ1) is 15.5. The number of nitrogens with one attached hydrogen (secondary N) is 1. The van der Waals surface area contributed by atoms with Crippen molar-refractivity contribution in [3.05, 3.63) is 16.0 Å². The largest absolute Gasteiger partial charge is 0.315 e. The molecule has 0 spiro atoms. The van der Waals surface area contributed by atoms with Gasteiger partial charge in [-0.05, 0) is 56.7 Å². The Bertz CT molecular complexity index is 596. The predicted molar refractivity (Wildman–Crippen MR) is 89.1 cm³/mol. The quantitative estimate of drug-likeness (QED) is 0.931. The molecule has 5 heteroatoms. The summed E-state index contributed by atoms with van der Waals surface area (Å²) in [6, 6.07) is 2.31. The summed E-state index contributed by atoms with van der Waals surface area (Å²) in [5.41, 5.74) is 1.89. The molecule has 0 bridgehead atoms. The fourth-order valence-corrected chi connectivity index (χ4v) is 4.82. The molecule has 1 N–H and O–H groups in total. The Balaban J connectivity index is 1.69. The molecule has 1 aliphatic heterocycles. The molecule has 0 unspecified atom stereocenters. The van der Waals surface area contributed by atoms with Crippen LogP contribution in [-0.2, 0) is 17.6 Å². The summed E-state index contributed by atoms with van der Waals surface area (Å²) in [5.74, 6) is 0.694. The van der Waals surface area contributed by atoms with E-state index in [9.17, 15) is 10.1 Å². The van der Waals surface area contributed by atoms with Crippen molar-refractivity contribution >= 4 is 22.2 Å². The Labute approximate surface area is 136 Å². The van der Waals surface area contributed by atoms with Crippen molar-refractivity contribution in [2.45, 2.75) is 45.4 Å². The van der Waals surface area contributed by atoms with Gasteiger partial charge in [-0.2, -0.15) is 5.26 Å². The summed E-state index contributed by atoms with van der Waals surface area (Å²) >= 11 is 1.61. The zero-order chi connectivity index (χ0) is 15.5. The summed E-state index contributed by atoms with van der Waals surface area (Å²) in [6.07, 6.45) is 6.78. The zero-order valence-electron chi connectivity index (χ0n) is 13.2. The third kappa shape index (κ3) is 3.34. The SMILES string of the molecule is C[C@H]1CCc2c(sc(NC(=O)CN3CCCCC3)c2C#N)C1. The molecule has 1 atom stereocenters.